The SMILES string of the molecule is C=CCc1ccccc1OCC(O)CNc1ccc2c(c1)OCC(=O)N2C. The number of amides is 1. The van der Waals surface area contributed by atoms with Crippen LogP contribution >= 0.6 is 0 Å². The molecular formula is C21H24N2O4. The van der Waals surface area contributed by atoms with Gasteiger partial charge in [-0.05, 0) is 30.2 Å². The molecule has 0 saturated carbocycles. The number of carbonyl (C=O) groups excluding carboxylic acids is 1. The van der Waals surface area contributed by atoms with E-state index in [4.69, 9.17) is 9.47 Å². The third kappa shape index (κ3) is 4.60. The van der Waals surface area contributed by atoms with Crippen LogP contribution in [0.1, 0.15) is 5.56 Å². The van der Waals surface area contributed by atoms with E-state index >= 15 is 0 Å². The number of likely N-dealkylation sites (N-methyl/N-ethyl adjacent to an activating group) is 1. The Morgan fingerprint density at radius 2 is 2.19 bits per heavy atom. The van der Waals surface area contributed by atoms with Gasteiger partial charge in [-0.1, -0.05) is 24.3 Å². The van der Waals surface area contributed by atoms with Gasteiger partial charge < -0.3 is 24.8 Å². The minimum atomic E-state index is -0.678. The topological polar surface area (TPSA) is 71.0 Å². The summed E-state index contributed by atoms with van der Waals surface area (Å²) in [5.74, 6) is 1.32. The molecule has 1 aliphatic heterocycles. The molecule has 2 aromatic rings. The van der Waals surface area contributed by atoms with Crippen molar-refractivity contribution in [3.63, 3.8) is 0 Å². The maximum absolute atomic E-state index is 11.6. The Morgan fingerprint density at radius 3 is 3.00 bits per heavy atom. The van der Waals surface area contributed by atoms with Crippen LogP contribution in [0.25, 0.3) is 0 Å². The Kier molecular flexibility index (Phi) is 5.98. The van der Waals surface area contributed by atoms with Crippen molar-refractivity contribution in [3.8, 4) is 11.5 Å². The average Bonchev–Trinajstić information content (AvgIpc) is 2.69. The lowest BCUT2D eigenvalue weighted by Gasteiger charge is -2.26. The van der Waals surface area contributed by atoms with Crippen LogP contribution in [-0.4, -0.2) is 43.9 Å². The molecule has 0 radical (unpaired) electrons. The number of carbonyl (C=O) groups is 1. The van der Waals surface area contributed by atoms with Gasteiger partial charge in [0.15, 0.2) is 6.61 Å². The zero-order valence-corrected chi connectivity index (χ0v) is 15.4. The molecule has 2 N–H and O–H groups in total. The molecule has 1 unspecified atom stereocenters. The van der Waals surface area contributed by atoms with E-state index in [9.17, 15) is 9.90 Å². The summed E-state index contributed by atoms with van der Waals surface area (Å²) in [4.78, 5) is 13.2. The molecule has 0 spiro atoms. The van der Waals surface area contributed by atoms with Crippen LogP contribution in [0.2, 0.25) is 0 Å². The Labute approximate surface area is 159 Å². The first-order valence-electron chi connectivity index (χ1n) is 8.85. The predicted octanol–water partition coefficient (Wildman–Crippen LogP) is 2.62. The first kappa shape index (κ1) is 18.8. The van der Waals surface area contributed by atoms with Crippen molar-refractivity contribution >= 4 is 17.3 Å². The van der Waals surface area contributed by atoms with Crippen LogP contribution in [0, 0.1) is 0 Å². The molecule has 1 heterocycles. The Hall–Kier alpha value is -2.99. The average molecular weight is 368 g/mol. The van der Waals surface area contributed by atoms with E-state index in [1.807, 2.05) is 48.5 Å². The lowest BCUT2D eigenvalue weighted by Crippen LogP contribution is -2.35. The van der Waals surface area contributed by atoms with Gasteiger partial charge in [0.2, 0.25) is 0 Å². The fourth-order valence-electron chi connectivity index (χ4n) is 2.84. The molecule has 0 aromatic heterocycles. The number of nitrogens with one attached hydrogen (secondary N) is 1. The summed E-state index contributed by atoms with van der Waals surface area (Å²) >= 11 is 0. The molecule has 6 nitrogen and oxygen atoms in total. The van der Waals surface area contributed by atoms with Crippen LogP contribution in [0.4, 0.5) is 11.4 Å². The third-order valence-electron chi connectivity index (χ3n) is 4.36. The summed E-state index contributed by atoms with van der Waals surface area (Å²) in [6.07, 6.45) is 1.86. The quantitative estimate of drug-likeness (QED) is 0.701. The van der Waals surface area contributed by atoms with E-state index in [1.165, 1.54) is 0 Å². The zero-order chi connectivity index (χ0) is 19.2. The van der Waals surface area contributed by atoms with Gasteiger partial charge in [-0.25, -0.2) is 0 Å². The molecule has 0 fully saturated rings. The zero-order valence-electron chi connectivity index (χ0n) is 15.4. The van der Waals surface area contributed by atoms with Crippen molar-refractivity contribution in [2.75, 3.05) is 37.0 Å². The molecule has 1 atom stereocenters. The highest BCUT2D eigenvalue weighted by Crippen LogP contribution is 2.33. The van der Waals surface area contributed by atoms with Crippen LogP contribution < -0.4 is 19.7 Å². The Balaban J connectivity index is 1.53. The van der Waals surface area contributed by atoms with E-state index in [2.05, 4.69) is 11.9 Å². The van der Waals surface area contributed by atoms with Crippen molar-refractivity contribution in [2.45, 2.75) is 12.5 Å². The van der Waals surface area contributed by atoms with Gasteiger partial charge >= 0.3 is 0 Å². The van der Waals surface area contributed by atoms with E-state index in [-0.39, 0.29) is 19.1 Å². The number of ether oxygens (including phenoxy) is 2. The monoisotopic (exact) mass is 368 g/mol. The summed E-state index contributed by atoms with van der Waals surface area (Å²) in [5, 5.41) is 13.4. The summed E-state index contributed by atoms with van der Waals surface area (Å²) < 4.78 is 11.2. The number of fused-ring (bicyclic) bond motifs is 1. The molecule has 1 amide bonds. The van der Waals surface area contributed by atoms with Gasteiger partial charge in [0.05, 0.1) is 5.69 Å². The van der Waals surface area contributed by atoms with Gasteiger partial charge in [-0.3, -0.25) is 4.79 Å². The number of hydrogen-bond acceptors (Lipinski definition) is 5. The fraction of sp³-hybridized carbons (Fsp3) is 0.286. The van der Waals surface area contributed by atoms with Crippen molar-refractivity contribution in [2.24, 2.45) is 0 Å². The van der Waals surface area contributed by atoms with Crippen LogP contribution in [0.3, 0.4) is 0 Å². The summed E-state index contributed by atoms with van der Waals surface area (Å²) in [6.45, 7) is 4.29. The highest BCUT2D eigenvalue weighted by Gasteiger charge is 2.22. The van der Waals surface area contributed by atoms with Crippen LogP contribution in [-0.2, 0) is 11.2 Å². The second kappa shape index (κ2) is 8.60. The summed E-state index contributed by atoms with van der Waals surface area (Å²) in [5.41, 5.74) is 2.58. The normalized spacial score (nSPS) is 14.1. The first-order chi connectivity index (χ1) is 13.1. The van der Waals surface area contributed by atoms with E-state index in [1.54, 1.807) is 11.9 Å². The molecule has 6 heteroatoms. The van der Waals surface area contributed by atoms with Crippen molar-refractivity contribution in [3.05, 3.63) is 60.7 Å². The number of anilines is 2. The highest BCUT2D eigenvalue weighted by atomic mass is 16.5. The molecular weight excluding hydrogens is 344 g/mol. The number of rotatable bonds is 8. The molecule has 0 aliphatic carbocycles. The number of benzene rings is 2. The molecule has 0 bridgehead atoms. The number of allylic oxidation sites excluding steroid dienone is 1. The minimum Gasteiger partial charge on any atom is -0.491 e. The Bertz CT molecular complexity index is 822. The van der Waals surface area contributed by atoms with E-state index < -0.39 is 6.10 Å². The van der Waals surface area contributed by atoms with Gasteiger partial charge in [-0.15, -0.1) is 6.58 Å². The second-order valence-electron chi connectivity index (χ2n) is 6.37. The third-order valence-corrected chi connectivity index (χ3v) is 4.36. The summed E-state index contributed by atoms with van der Waals surface area (Å²) in [6, 6.07) is 13.2. The Morgan fingerprint density at radius 1 is 1.37 bits per heavy atom. The van der Waals surface area contributed by atoms with Crippen LogP contribution in [0.5, 0.6) is 11.5 Å². The maximum Gasteiger partial charge on any atom is 0.264 e. The standard InChI is InChI=1S/C21H24N2O4/c1-3-6-15-7-4-5-8-19(15)26-13-17(24)12-22-16-9-10-18-20(11-16)27-14-21(25)23(18)2/h3-5,7-11,17,22,24H,1,6,12-14H2,2H3. The maximum atomic E-state index is 11.6. The summed E-state index contributed by atoms with van der Waals surface area (Å²) in [7, 11) is 1.72. The number of aliphatic hydroxyl groups is 1. The molecule has 0 saturated heterocycles. The number of hydrogen-bond donors (Lipinski definition) is 2. The van der Waals surface area contributed by atoms with Gasteiger partial charge in [0.25, 0.3) is 5.91 Å². The molecule has 2 aromatic carbocycles. The molecule has 142 valence electrons. The second-order valence-corrected chi connectivity index (χ2v) is 6.37. The number of para-hydroxylation sites is 1. The van der Waals surface area contributed by atoms with Gasteiger partial charge in [-0.2, -0.15) is 0 Å². The highest BCUT2D eigenvalue weighted by molar-refractivity contribution is 5.97. The predicted molar refractivity (Wildman–Crippen MR) is 106 cm³/mol. The lowest BCUT2D eigenvalue weighted by molar-refractivity contribution is -0.120. The first-order valence-corrected chi connectivity index (χ1v) is 8.85. The smallest absolute Gasteiger partial charge is 0.264 e. The lowest BCUT2D eigenvalue weighted by atomic mass is 10.1. The molecule has 3 rings (SSSR count). The van der Waals surface area contributed by atoms with E-state index in [0.29, 0.717) is 12.3 Å². The van der Waals surface area contributed by atoms with Gasteiger partial charge in [0.1, 0.15) is 24.2 Å². The van der Waals surface area contributed by atoms with Crippen molar-refractivity contribution < 1.29 is 19.4 Å². The van der Waals surface area contributed by atoms with E-state index in [0.717, 1.165) is 29.1 Å². The van der Waals surface area contributed by atoms with Gasteiger partial charge in [0, 0.05) is 25.3 Å². The number of nitrogens with zero attached hydrogens (tertiary/aromatic N) is 1. The fourth-order valence-corrected chi connectivity index (χ4v) is 2.84. The molecule has 1 aliphatic rings. The van der Waals surface area contributed by atoms with Crippen LogP contribution in [0.15, 0.2) is 55.1 Å². The number of aliphatic hydroxyl groups excluding tert-OH is 1. The van der Waals surface area contributed by atoms with Crippen molar-refractivity contribution in [1.29, 1.82) is 0 Å². The molecule has 27 heavy (non-hydrogen) atoms. The van der Waals surface area contributed by atoms with Crippen molar-refractivity contribution in [1.82, 2.24) is 0 Å². The largest absolute Gasteiger partial charge is 0.491 e. The minimum absolute atomic E-state index is 0.0353.